The van der Waals surface area contributed by atoms with Gasteiger partial charge in [-0.2, -0.15) is 11.8 Å². The molecule has 0 aromatic heterocycles. The fraction of sp³-hybridized carbons (Fsp3) is 1.00. The fourth-order valence-corrected chi connectivity index (χ4v) is 3.54. The van der Waals surface area contributed by atoms with Gasteiger partial charge in [-0.05, 0) is 30.9 Å². The van der Waals surface area contributed by atoms with Gasteiger partial charge in [-0.1, -0.05) is 18.0 Å². The van der Waals surface area contributed by atoms with Crippen LogP contribution in [0.25, 0.3) is 0 Å². The van der Waals surface area contributed by atoms with Crippen molar-refractivity contribution in [3.63, 3.8) is 0 Å². The lowest BCUT2D eigenvalue weighted by Crippen LogP contribution is -2.09. The van der Waals surface area contributed by atoms with E-state index in [-0.39, 0.29) is 0 Å². The van der Waals surface area contributed by atoms with E-state index in [1.807, 2.05) is 11.8 Å². The van der Waals surface area contributed by atoms with E-state index in [9.17, 15) is 8.76 Å². The molecule has 12 heavy (non-hydrogen) atoms. The van der Waals surface area contributed by atoms with Crippen LogP contribution in [0.3, 0.4) is 0 Å². The van der Waals surface area contributed by atoms with Crippen LogP contribution in [0, 0.1) is 5.92 Å². The molecule has 1 heterocycles. The number of rotatable bonds is 4. The van der Waals surface area contributed by atoms with Gasteiger partial charge in [0.2, 0.25) is 0 Å². The van der Waals surface area contributed by atoms with Crippen molar-refractivity contribution in [3.8, 4) is 0 Å². The highest BCUT2D eigenvalue weighted by molar-refractivity contribution is 8.00. The highest BCUT2D eigenvalue weighted by atomic mass is 32.2. The summed E-state index contributed by atoms with van der Waals surface area (Å²) in [5.74, 6) is 2.38. The fourth-order valence-electron chi connectivity index (χ4n) is 1.53. The standard InChI is InChI=1S/C8H16O2S2/c1-7-4-5-11-8(7)3-2-6-12(9)10/h7-8H,2-6H2,1H3,(H,9,10)/p-1. The second-order valence-electron chi connectivity index (χ2n) is 3.33. The first kappa shape index (κ1) is 10.5. The van der Waals surface area contributed by atoms with Gasteiger partial charge in [-0.3, -0.25) is 4.21 Å². The lowest BCUT2D eigenvalue weighted by Gasteiger charge is -2.14. The SMILES string of the molecule is CC1CCSC1CCCS(=O)[O-]. The molecule has 0 saturated carbocycles. The second kappa shape index (κ2) is 5.25. The van der Waals surface area contributed by atoms with E-state index in [2.05, 4.69) is 6.92 Å². The molecule has 0 radical (unpaired) electrons. The monoisotopic (exact) mass is 207 g/mol. The van der Waals surface area contributed by atoms with Gasteiger partial charge in [0.05, 0.1) is 0 Å². The van der Waals surface area contributed by atoms with Crippen LogP contribution < -0.4 is 0 Å². The molecule has 1 rings (SSSR count). The third-order valence-corrected chi connectivity index (χ3v) is 4.56. The Balaban J connectivity index is 2.10. The highest BCUT2D eigenvalue weighted by Crippen LogP contribution is 2.34. The normalized spacial score (nSPS) is 32.2. The Kier molecular flexibility index (Phi) is 4.61. The van der Waals surface area contributed by atoms with Crippen LogP contribution in [0.2, 0.25) is 0 Å². The van der Waals surface area contributed by atoms with E-state index in [0.29, 0.717) is 11.0 Å². The number of hydrogen-bond donors (Lipinski definition) is 0. The van der Waals surface area contributed by atoms with E-state index in [1.54, 1.807) is 0 Å². The van der Waals surface area contributed by atoms with Crippen molar-refractivity contribution >= 4 is 22.8 Å². The van der Waals surface area contributed by atoms with Gasteiger partial charge in [0.1, 0.15) is 0 Å². The molecule has 1 aliphatic rings. The van der Waals surface area contributed by atoms with E-state index >= 15 is 0 Å². The maximum Gasteiger partial charge on any atom is 0.0102 e. The summed E-state index contributed by atoms with van der Waals surface area (Å²) in [4.78, 5) is 0. The molecule has 0 bridgehead atoms. The van der Waals surface area contributed by atoms with Crippen molar-refractivity contribution in [2.24, 2.45) is 5.92 Å². The molecule has 0 N–H and O–H groups in total. The molecule has 0 aromatic rings. The van der Waals surface area contributed by atoms with Gasteiger partial charge in [0.15, 0.2) is 0 Å². The number of hydrogen-bond acceptors (Lipinski definition) is 3. The van der Waals surface area contributed by atoms with Crippen molar-refractivity contribution in [1.29, 1.82) is 0 Å². The first-order valence-electron chi connectivity index (χ1n) is 4.37. The highest BCUT2D eigenvalue weighted by Gasteiger charge is 2.22. The molecule has 0 aliphatic carbocycles. The average Bonchev–Trinajstić information content (AvgIpc) is 2.36. The molecular weight excluding hydrogens is 192 g/mol. The molecule has 2 nitrogen and oxygen atoms in total. The molecule has 0 aromatic carbocycles. The zero-order valence-electron chi connectivity index (χ0n) is 7.32. The van der Waals surface area contributed by atoms with Crippen LogP contribution in [0.5, 0.6) is 0 Å². The van der Waals surface area contributed by atoms with Gasteiger partial charge >= 0.3 is 0 Å². The maximum atomic E-state index is 10.2. The number of thioether (sulfide) groups is 1. The molecule has 1 fully saturated rings. The van der Waals surface area contributed by atoms with Crippen molar-refractivity contribution < 1.29 is 8.76 Å². The summed E-state index contributed by atoms with van der Waals surface area (Å²) in [5, 5.41) is 0.716. The molecule has 0 amide bonds. The third kappa shape index (κ3) is 3.46. The zero-order valence-corrected chi connectivity index (χ0v) is 8.96. The molecule has 3 atom stereocenters. The van der Waals surface area contributed by atoms with Gasteiger partial charge < -0.3 is 4.55 Å². The first-order valence-corrected chi connectivity index (χ1v) is 6.67. The lowest BCUT2D eigenvalue weighted by atomic mass is 10.0. The van der Waals surface area contributed by atoms with Gasteiger partial charge in [0.25, 0.3) is 0 Å². The van der Waals surface area contributed by atoms with Crippen LogP contribution in [-0.2, 0) is 11.1 Å². The molecule has 1 saturated heterocycles. The molecule has 0 spiro atoms. The summed E-state index contributed by atoms with van der Waals surface area (Å²) < 4.78 is 20.5. The van der Waals surface area contributed by atoms with Gasteiger partial charge in [0, 0.05) is 11.0 Å². The van der Waals surface area contributed by atoms with E-state index in [0.717, 1.165) is 18.8 Å². The van der Waals surface area contributed by atoms with E-state index < -0.39 is 11.1 Å². The van der Waals surface area contributed by atoms with Crippen LogP contribution in [0.15, 0.2) is 0 Å². The minimum atomic E-state index is -1.84. The van der Waals surface area contributed by atoms with Crippen molar-refractivity contribution in [3.05, 3.63) is 0 Å². The average molecular weight is 207 g/mol. The Labute approximate surface area is 80.8 Å². The third-order valence-electron chi connectivity index (χ3n) is 2.34. The van der Waals surface area contributed by atoms with Gasteiger partial charge in [-0.25, -0.2) is 0 Å². The predicted octanol–water partition coefficient (Wildman–Crippen LogP) is 1.79. The Morgan fingerprint density at radius 2 is 2.42 bits per heavy atom. The molecule has 72 valence electrons. The molecule has 1 aliphatic heterocycles. The topological polar surface area (TPSA) is 40.1 Å². The maximum absolute atomic E-state index is 10.2. The lowest BCUT2D eigenvalue weighted by molar-refractivity contribution is 0.517. The Bertz CT molecular complexity index is 161. The predicted molar refractivity (Wildman–Crippen MR) is 53.0 cm³/mol. The van der Waals surface area contributed by atoms with Crippen LogP contribution in [0.4, 0.5) is 0 Å². The van der Waals surface area contributed by atoms with Crippen molar-refractivity contribution in [2.45, 2.75) is 31.4 Å². The Morgan fingerprint density at radius 3 is 2.92 bits per heavy atom. The van der Waals surface area contributed by atoms with Crippen LogP contribution >= 0.6 is 11.8 Å². The second-order valence-corrected chi connectivity index (χ2v) is 5.69. The largest absolute Gasteiger partial charge is 0.772 e. The summed E-state index contributed by atoms with van der Waals surface area (Å²) in [6, 6.07) is 0. The Hall–Kier alpha value is 0.460. The van der Waals surface area contributed by atoms with E-state index in [4.69, 9.17) is 0 Å². The summed E-state index contributed by atoms with van der Waals surface area (Å²) in [7, 11) is 0. The van der Waals surface area contributed by atoms with Crippen LogP contribution in [0.1, 0.15) is 26.2 Å². The first-order chi connectivity index (χ1) is 5.70. The minimum absolute atomic E-state index is 0.337. The minimum Gasteiger partial charge on any atom is -0.772 e. The van der Waals surface area contributed by atoms with Crippen LogP contribution in [-0.4, -0.2) is 25.5 Å². The smallest absolute Gasteiger partial charge is 0.0102 e. The van der Waals surface area contributed by atoms with Gasteiger partial charge in [-0.15, -0.1) is 0 Å². The summed E-state index contributed by atoms with van der Waals surface area (Å²) >= 11 is 0.165. The van der Waals surface area contributed by atoms with Crippen molar-refractivity contribution in [2.75, 3.05) is 11.5 Å². The summed E-state index contributed by atoms with van der Waals surface area (Å²) in [6.07, 6.45) is 3.20. The summed E-state index contributed by atoms with van der Waals surface area (Å²) in [6.45, 7) is 2.26. The molecule has 3 unspecified atom stereocenters. The quantitative estimate of drug-likeness (QED) is 0.660. The molecular formula is C8H15O2S2-. The zero-order chi connectivity index (χ0) is 8.97. The molecule has 4 heteroatoms. The van der Waals surface area contributed by atoms with E-state index in [1.165, 1.54) is 12.2 Å². The van der Waals surface area contributed by atoms with Crippen molar-refractivity contribution in [1.82, 2.24) is 0 Å². The summed E-state index contributed by atoms with van der Waals surface area (Å²) in [5.41, 5.74) is 0. The Morgan fingerprint density at radius 1 is 1.67 bits per heavy atom.